The summed E-state index contributed by atoms with van der Waals surface area (Å²) in [7, 11) is 0. The van der Waals surface area contributed by atoms with Crippen molar-refractivity contribution in [3.63, 3.8) is 0 Å². The summed E-state index contributed by atoms with van der Waals surface area (Å²) in [5.41, 5.74) is 1.55. The third kappa shape index (κ3) is 2.65. The van der Waals surface area contributed by atoms with Gasteiger partial charge in [0.15, 0.2) is 5.65 Å². The molecule has 0 saturated carbocycles. The molecule has 1 aliphatic heterocycles. The molecule has 1 saturated heterocycles. The van der Waals surface area contributed by atoms with Crippen molar-refractivity contribution in [1.29, 1.82) is 0 Å². The Balaban J connectivity index is 1.61. The first-order valence-electron chi connectivity index (χ1n) is 8.19. The van der Waals surface area contributed by atoms with Gasteiger partial charge in [-0.25, -0.2) is 15.0 Å². The van der Waals surface area contributed by atoms with Crippen molar-refractivity contribution in [2.45, 2.75) is 32.2 Å². The number of nitrogens with zero attached hydrogens (tertiary/aromatic N) is 6. The third-order valence-corrected chi connectivity index (χ3v) is 4.50. The Bertz CT molecular complexity index is 811. The highest BCUT2D eigenvalue weighted by Gasteiger charge is 2.23. The number of hydrogen-bond acceptors (Lipinski definition) is 5. The summed E-state index contributed by atoms with van der Waals surface area (Å²) in [6.07, 6.45) is 10.7. The lowest BCUT2D eigenvalue weighted by atomic mass is 10.1. The summed E-state index contributed by atoms with van der Waals surface area (Å²) in [6, 6.07) is 4.51. The van der Waals surface area contributed by atoms with Gasteiger partial charge in [0.25, 0.3) is 0 Å². The lowest BCUT2D eigenvalue weighted by Gasteiger charge is -2.34. The van der Waals surface area contributed by atoms with Gasteiger partial charge < -0.3 is 9.47 Å². The molecule has 1 unspecified atom stereocenters. The molecule has 0 radical (unpaired) electrons. The Morgan fingerprint density at radius 3 is 2.96 bits per heavy atom. The molecule has 0 spiro atoms. The molecule has 1 aliphatic rings. The maximum Gasteiger partial charge on any atom is 0.180 e. The first-order chi connectivity index (χ1) is 11.3. The van der Waals surface area contributed by atoms with E-state index in [1.54, 1.807) is 12.4 Å². The molecule has 0 amide bonds. The SMILES string of the molecule is CCc1nccn1C1CCCN(c2ccc3nccnc3n2)C1. The smallest absolute Gasteiger partial charge is 0.180 e. The van der Waals surface area contributed by atoms with Crippen molar-refractivity contribution >= 4 is 17.0 Å². The lowest BCUT2D eigenvalue weighted by molar-refractivity contribution is 0.395. The molecule has 4 rings (SSSR count). The van der Waals surface area contributed by atoms with E-state index in [1.165, 1.54) is 6.42 Å². The molecule has 0 N–H and O–H groups in total. The van der Waals surface area contributed by atoms with Crippen molar-refractivity contribution in [2.24, 2.45) is 0 Å². The Hall–Kier alpha value is -2.50. The third-order valence-electron chi connectivity index (χ3n) is 4.50. The van der Waals surface area contributed by atoms with Crippen LogP contribution in [0.25, 0.3) is 11.2 Å². The zero-order valence-corrected chi connectivity index (χ0v) is 13.3. The van der Waals surface area contributed by atoms with Crippen LogP contribution in [0.1, 0.15) is 31.6 Å². The predicted molar refractivity (Wildman–Crippen MR) is 89.4 cm³/mol. The van der Waals surface area contributed by atoms with Gasteiger partial charge in [-0.2, -0.15) is 0 Å². The Morgan fingerprint density at radius 1 is 1.13 bits per heavy atom. The number of rotatable bonds is 3. The average molecular weight is 308 g/mol. The second kappa shape index (κ2) is 5.95. The number of hydrogen-bond donors (Lipinski definition) is 0. The molecule has 6 nitrogen and oxygen atoms in total. The van der Waals surface area contributed by atoms with E-state index in [0.29, 0.717) is 11.7 Å². The molecule has 6 heteroatoms. The molecule has 3 aromatic heterocycles. The number of piperidine rings is 1. The quantitative estimate of drug-likeness (QED) is 0.744. The van der Waals surface area contributed by atoms with E-state index >= 15 is 0 Å². The monoisotopic (exact) mass is 308 g/mol. The molecule has 118 valence electrons. The summed E-state index contributed by atoms with van der Waals surface area (Å²) >= 11 is 0. The van der Waals surface area contributed by atoms with Gasteiger partial charge in [0.05, 0.1) is 6.04 Å². The molecule has 1 fully saturated rings. The van der Waals surface area contributed by atoms with Gasteiger partial charge in [-0.3, -0.25) is 4.98 Å². The minimum Gasteiger partial charge on any atom is -0.354 e. The van der Waals surface area contributed by atoms with Crippen LogP contribution < -0.4 is 4.90 Å². The van der Waals surface area contributed by atoms with E-state index in [0.717, 1.165) is 43.1 Å². The van der Waals surface area contributed by atoms with Crippen LogP contribution in [0.3, 0.4) is 0 Å². The number of imidazole rings is 1. The number of fused-ring (bicyclic) bond motifs is 1. The zero-order chi connectivity index (χ0) is 15.6. The zero-order valence-electron chi connectivity index (χ0n) is 13.3. The maximum atomic E-state index is 4.68. The molecule has 23 heavy (non-hydrogen) atoms. The van der Waals surface area contributed by atoms with Crippen LogP contribution in [0.4, 0.5) is 5.82 Å². The molecule has 0 bridgehead atoms. The normalized spacial score (nSPS) is 18.5. The molecule has 4 heterocycles. The Kier molecular flexibility index (Phi) is 3.65. The van der Waals surface area contributed by atoms with E-state index in [9.17, 15) is 0 Å². The first kappa shape index (κ1) is 14.1. The minimum atomic E-state index is 0.459. The average Bonchev–Trinajstić information content (AvgIpc) is 3.10. The highest BCUT2D eigenvalue weighted by molar-refractivity contribution is 5.71. The standard InChI is InChI=1S/C17H20N6/c1-2-15-19-9-11-23(15)13-4-3-10-22(12-13)16-6-5-14-17(21-16)20-8-7-18-14/h5-9,11,13H,2-4,10,12H2,1H3. The van der Waals surface area contributed by atoms with Crippen molar-refractivity contribution in [1.82, 2.24) is 24.5 Å². The molecule has 0 aliphatic carbocycles. The van der Waals surface area contributed by atoms with Crippen LogP contribution in [0, 0.1) is 0 Å². The first-order valence-corrected chi connectivity index (χ1v) is 8.19. The van der Waals surface area contributed by atoms with Gasteiger partial charge >= 0.3 is 0 Å². The summed E-state index contributed by atoms with van der Waals surface area (Å²) in [5.74, 6) is 2.15. The fourth-order valence-electron chi connectivity index (χ4n) is 3.36. The Labute approximate surface area is 135 Å². The van der Waals surface area contributed by atoms with Crippen LogP contribution in [-0.4, -0.2) is 37.6 Å². The highest BCUT2D eigenvalue weighted by Crippen LogP contribution is 2.26. The molecular weight excluding hydrogens is 288 g/mol. The van der Waals surface area contributed by atoms with E-state index in [1.807, 2.05) is 18.3 Å². The molecule has 0 aromatic carbocycles. The predicted octanol–water partition coefficient (Wildman–Crippen LogP) is 2.63. The fourth-order valence-corrected chi connectivity index (χ4v) is 3.36. The van der Waals surface area contributed by atoms with Gasteiger partial charge in [0, 0.05) is 44.3 Å². The second-order valence-corrected chi connectivity index (χ2v) is 5.91. The van der Waals surface area contributed by atoms with Crippen LogP contribution in [0.15, 0.2) is 36.9 Å². The Morgan fingerprint density at radius 2 is 2.04 bits per heavy atom. The largest absolute Gasteiger partial charge is 0.354 e. The summed E-state index contributed by atoms with van der Waals surface area (Å²) in [6.45, 7) is 4.15. The summed E-state index contributed by atoms with van der Waals surface area (Å²) in [4.78, 5) is 20.1. The van der Waals surface area contributed by atoms with E-state index in [-0.39, 0.29) is 0 Å². The van der Waals surface area contributed by atoms with Gasteiger partial charge in [-0.15, -0.1) is 0 Å². The number of pyridine rings is 1. The molecule has 1 atom stereocenters. The second-order valence-electron chi connectivity index (χ2n) is 5.91. The van der Waals surface area contributed by atoms with E-state index < -0.39 is 0 Å². The van der Waals surface area contributed by atoms with E-state index in [2.05, 4.69) is 42.5 Å². The summed E-state index contributed by atoms with van der Waals surface area (Å²) in [5, 5.41) is 0. The topological polar surface area (TPSA) is 59.7 Å². The van der Waals surface area contributed by atoms with Gasteiger partial charge in [-0.05, 0) is 25.0 Å². The highest BCUT2D eigenvalue weighted by atomic mass is 15.2. The fraction of sp³-hybridized carbons (Fsp3) is 0.412. The number of aromatic nitrogens is 5. The van der Waals surface area contributed by atoms with Crippen LogP contribution in [-0.2, 0) is 6.42 Å². The van der Waals surface area contributed by atoms with E-state index in [4.69, 9.17) is 0 Å². The van der Waals surface area contributed by atoms with Crippen LogP contribution in [0.5, 0.6) is 0 Å². The van der Waals surface area contributed by atoms with Gasteiger partial charge in [0.1, 0.15) is 17.2 Å². The molecule has 3 aromatic rings. The van der Waals surface area contributed by atoms with Gasteiger partial charge in [0.2, 0.25) is 0 Å². The van der Waals surface area contributed by atoms with Gasteiger partial charge in [-0.1, -0.05) is 6.92 Å². The van der Waals surface area contributed by atoms with Crippen molar-refractivity contribution in [3.8, 4) is 0 Å². The minimum absolute atomic E-state index is 0.459. The lowest BCUT2D eigenvalue weighted by Crippen LogP contribution is -2.37. The van der Waals surface area contributed by atoms with Crippen molar-refractivity contribution in [2.75, 3.05) is 18.0 Å². The molecular formula is C17H20N6. The maximum absolute atomic E-state index is 4.68. The summed E-state index contributed by atoms with van der Waals surface area (Å²) < 4.78 is 2.33. The van der Waals surface area contributed by atoms with Crippen LogP contribution in [0.2, 0.25) is 0 Å². The number of anilines is 1. The van der Waals surface area contributed by atoms with Crippen molar-refractivity contribution in [3.05, 3.63) is 42.7 Å². The number of aryl methyl sites for hydroxylation is 1. The van der Waals surface area contributed by atoms with Crippen molar-refractivity contribution < 1.29 is 0 Å². The van der Waals surface area contributed by atoms with Crippen LogP contribution >= 0.6 is 0 Å².